The summed E-state index contributed by atoms with van der Waals surface area (Å²) < 4.78 is 16.4. The Kier molecular flexibility index (Phi) is 6.09. The van der Waals surface area contributed by atoms with Gasteiger partial charge in [-0.3, -0.25) is 9.69 Å². The van der Waals surface area contributed by atoms with E-state index in [1.807, 2.05) is 41.8 Å². The lowest BCUT2D eigenvalue weighted by molar-refractivity contribution is -0.116. The van der Waals surface area contributed by atoms with Crippen LogP contribution in [0, 0.1) is 0 Å². The monoisotopic (exact) mass is 478 g/mol. The lowest BCUT2D eigenvalue weighted by Gasteiger charge is -2.17. The molecule has 0 saturated carbocycles. The average molecular weight is 479 g/mol. The highest BCUT2D eigenvalue weighted by atomic mass is 32.2. The van der Waals surface area contributed by atoms with Crippen molar-refractivity contribution in [1.82, 2.24) is 15.2 Å². The smallest absolute Gasteiger partial charge is 0.277 e. The van der Waals surface area contributed by atoms with Gasteiger partial charge in [0.15, 0.2) is 16.6 Å². The number of aromatic nitrogens is 3. The van der Waals surface area contributed by atoms with Gasteiger partial charge in [-0.25, -0.2) is 4.98 Å². The van der Waals surface area contributed by atoms with Crippen LogP contribution in [0.1, 0.15) is 0 Å². The van der Waals surface area contributed by atoms with Gasteiger partial charge in [-0.05, 0) is 18.2 Å². The third-order valence-corrected chi connectivity index (χ3v) is 6.42. The van der Waals surface area contributed by atoms with Gasteiger partial charge in [0.25, 0.3) is 5.22 Å². The van der Waals surface area contributed by atoms with E-state index in [0.717, 1.165) is 16.8 Å². The molecule has 0 unspecified atom stereocenters. The Hall–Kier alpha value is -3.63. The molecule has 1 amide bonds. The summed E-state index contributed by atoms with van der Waals surface area (Å²) in [4.78, 5) is 19.2. The van der Waals surface area contributed by atoms with Gasteiger partial charge >= 0.3 is 0 Å². The molecule has 10 heteroatoms. The van der Waals surface area contributed by atoms with Gasteiger partial charge in [0.2, 0.25) is 18.6 Å². The molecule has 2 aromatic carbocycles. The minimum Gasteiger partial charge on any atom is -0.454 e. The van der Waals surface area contributed by atoms with E-state index < -0.39 is 0 Å². The maximum absolute atomic E-state index is 13.0. The van der Waals surface area contributed by atoms with Crippen LogP contribution < -0.4 is 14.4 Å². The lowest BCUT2D eigenvalue weighted by atomic mass is 10.2. The Balaban J connectivity index is 1.26. The van der Waals surface area contributed by atoms with Crippen LogP contribution in [0.25, 0.3) is 22.7 Å². The fourth-order valence-electron chi connectivity index (χ4n) is 3.16. The van der Waals surface area contributed by atoms with Crippen LogP contribution in [0.4, 0.5) is 5.13 Å². The van der Waals surface area contributed by atoms with Gasteiger partial charge in [0.05, 0.1) is 11.4 Å². The van der Waals surface area contributed by atoms with E-state index in [4.69, 9.17) is 13.9 Å². The Morgan fingerprint density at radius 1 is 1.12 bits per heavy atom. The number of amides is 1. The fourth-order valence-corrected chi connectivity index (χ4v) is 4.66. The van der Waals surface area contributed by atoms with E-state index in [0.29, 0.717) is 34.3 Å². The van der Waals surface area contributed by atoms with Gasteiger partial charge in [-0.1, -0.05) is 48.2 Å². The van der Waals surface area contributed by atoms with Gasteiger partial charge in [-0.15, -0.1) is 28.1 Å². The summed E-state index contributed by atoms with van der Waals surface area (Å²) in [6, 6.07) is 15.2. The maximum Gasteiger partial charge on any atom is 0.277 e. The van der Waals surface area contributed by atoms with E-state index >= 15 is 0 Å². The van der Waals surface area contributed by atoms with Crippen molar-refractivity contribution in [3.05, 3.63) is 66.6 Å². The number of benzene rings is 2. The largest absolute Gasteiger partial charge is 0.454 e. The first-order valence-corrected chi connectivity index (χ1v) is 11.9. The molecule has 3 heterocycles. The normalized spacial score (nSPS) is 12.0. The summed E-state index contributed by atoms with van der Waals surface area (Å²) in [6.45, 7) is 4.32. The second-order valence-corrected chi connectivity index (χ2v) is 8.67. The average Bonchev–Trinajstić information content (AvgIpc) is 3.61. The van der Waals surface area contributed by atoms with E-state index in [1.165, 1.54) is 23.1 Å². The number of thioether (sulfide) groups is 1. The summed E-state index contributed by atoms with van der Waals surface area (Å²) in [7, 11) is 0. The zero-order valence-electron chi connectivity index (χ0n) is 17.3. The summed E-state index contributed by atoms with van der Waals surface area (Å²) in [5, 5.41) is 11.0. The lowest BCUT2D eigenvalue weighted by Crippen LogP contribution is -2.32. The van der Waals surface area contributed by atoms with Crippen molar-refractivity contribution in [2.24, 2.45) is 0 Å². The molecular weight excluding hydrogens is 460 g/mol. The van der Waals surface area contributed by atoms with E-state index in [9.17, 15) is 4.79 Å². The molecule has 0 saturated heterocycles. The molecule has 1 aliphatic rings. The summed E-state index contributed by atoms with van der Waals surface area (Å²) in [5.74, 6) is 1.65. The van der Waals surface area contributed by atoms with Crippen LogP contribution >= 0.6 is 23.1 Å². The highest BCUT2D eigenvalue weighted by Crippen LogP contribution is 2.36. The number of thiazole rings is 1. The third kappa shape index (κ3) is 4.62. The van der Waals surface area contributed by atoms with E-state index in [1.54, 1.807) is 23.1 Å². The molecule has 4 aromatic rings. The predicted molar refractivity (Wildman–Crippen MR) is 127 cm³/mol. The first-order chi connectivity index (χ1) is 16.2. The zero-order valence-corrected chi connectivity index (χ0v) is 19.0. The van der Waals surface area contributed by atoms with Crippen molar-refractivity contribution in [3.8, 4) is 34.2 Å². The first-order valence-electron chi connectivity index (χ1n) is 10.00. The standard InChI is InChI=1S/C23H18N4O4S2/c1-2-10-27(22-24-17(12-32-22)15-6-4-3-5-7-15)20(28)13-33-23-26-25-21(31-23)16-8-9-18-19(11-16)30-14-29-18/h2-9,11-12H,1,10,13-14H2. The molecule has 8 nitrogen and oxygen atoms in total. The number of fused-ring (bicyclic) bond motifs is 1. The number of carbonyl (C=O) groups is 1. The Morgan fingerprint density at radius 3 is 2.82 bits per heavy atom. The number of ether oxygens (including phenoxy) is 2. The molecule has 0 bridgehead atoms. The van der Waals surface area contributed by atoms with Gasteiger partial charge in [0.1, 0.15) is 0 Å². The summed E-state index contributed by atoms with van der Waals surface area (Å²) >= 11 is 2.59. The molecule has 5 rings (SSSR count). The molecule has 0 fully saturated rings. The highest BCUT2D eigenvalue weighted by molar-refractivity contribution is 7.99. The van der Waals surface area contributed by atoms with Crippen molar-refractivity contribution < 1.29 is 18.7 Å². The molecule has 2 aromatic heterocycles. The van der Waals surface area contributed by atoms with Crippen LogP contribution in [-0.4, -0.2) is 40.2 Å². The minimum atomic E-state index is -0.128. The third-order valence-electron chi connectivity index (χ3n) is 4.75. The summed E-state index contributed by atoms with van der Waals surface area (Å²) in [5.41, 5.74) is 2.55. The second-order valence-electron chi connectivity index (χ2n) is 6.90. The van der Waals surface area contributed by atoms with Crippen LogP contribution in [0.2, 0.25) is 0 Å². The quantitative estimate of drug-likeness (QED) is 0.261. The first kappa shape index (κ1) is 21.2. The topological polar surface area (TPSA) is 90.6 Å². The summed E-state index contributed by atoms with van der Waals surface area (Å²) in [6.07, 6.45) is 1.68. The Labute approximate surface area is 197 Å². The number of hydrogen-bond donors (Lipinski definition) is 0. The molecule has 1 aliphatic heterocycles. The second kappa shape index (κ2) is 9.47. The van der Waals surface area contributed by atoms with Gasteiger partial charge in [-0.2, -0.15) is 0 Å². The molecule has 0 N–H and O–H groups in total. The molecule has 0 atom stereocenters. The molecule has 33 heavy (non-hydrogen) atoms. The number of nitrogens with zero attached hydrogens (tertiary/aromatic N) is 4. The maximum atomic E-state index is 13.0. The number of carbonyl (C=O) groups excluding carboxylic acids is 1. The van der Waals surface area contributed by atoms with Crippen molar-refractivity contribution in [3.63, 3.8) is 0 Å². The highest BCUT2D eigenvalue weighted by Gasteiger charge is 2.21. The van der Waals surface area contributed by atoms with Crippen LogP contribution in [-0.2, 0) is 4.79 Å². The molecule has 0 spiro atoms. The Morgan fingerprint density at radius 2 is 1.97 bits per heavy atom. The van der Waals surface area contributed by atoms with Crippen molar-refractivity contribution in [2.45, 2.75) is 5.22 Å². The molecular formula is C23H18N4O4S2. The predicted octanol–water partition coefficient (Wildman–Crippen LogP) is 4.90. The molecule has 0 radical (unpaired) electrons. The van der Waals surface area contributed by atoms with Crippen molar-refractivity contribution in [1.29, 1.82) is 0 Å². The fraction of sp³-hybridized carbons (Fsp3) is 0.130. The molecule has 166 valence electrons. The van der Waals surface area contributed by atoms with E-state index in [2.05, 4.69) is 21.8 Å². The van der Waals surface area contributed by atoms with Crippen LogP contribution in [0.15, 0.2) is 76.2 Å². The van der Waals surface area contributed by atoms with Crippen LogP contribution in [0.3, 0.4) is 0 Å². The zero-order chi connectivity index (χ0) is 22.6. The Bertz CT molecular complexity index is 1290. The van der Waals surface area contributed by atoms with Crippen molar-refractivity contribution in [2.75, 3.05) is 24.0 Å². The molecule has 0 aliphatic carbocycles. The number of rotatable bonds is 8. The van der Waals surface area contributed by atoms with E-state index in [-0.39, 0.29) is 18.5 Å². The van der Waals surface area contributed by atoms with Gasteiger partial charge < -0.3 is 13.9 Å². The number of anilines is 1. The minimum absolute atomic E-state index is 0.122. The SMILES string of the molecule is C=CCN(C(=O)CSc1nnc(-c2ccc3c(c2)OCO3)o1)c1nc(-c2ccccc2)cs1. The van der Waals surface area contributed by atoms with Crippen molar-refractivity contribution >= 4 is 34.1 Å². The van der Waals surface area contributed by atoms with Crippen LogP contribution in [0.5, 0.6) is 11.5 Å². The van der Waals surface area contributed by atoms with Gasteiger partial charge in [0, 0.05) is 23.1 Å². The number of hydrogen-bond acceptors (Lipinski definition) is 9.